The Kier molecular flexibility index (Phi) is 8.87. The summed E-state index contributed by atoms with van der Waals surface area (Å²) in [5.41, 5.74) is 8.17. The molecule has 0 aliphatic rings. The van der Waals surface area contributed by atoms with E-state index in [1.54, 1.807) is 12.1 Å². The number of benzene rings is 1. The number of carbonyl (C=O) groups is 1. The zero-order valence-electron chi connectivity index (χ0n) is 18.6. The number of carbonyl (C=O) groups excluding carboxylic acids is 1. The molecular weight excluding hydrogens is 378 g/mol. The predicted octanol–water partition coefficient (Wildman–Crippen LogP) is 4.80. The quantitative estimate of drug-likeness (QED) is 0.538. The molecular formula is C24H33N3O3. The second kappa shape index (κ2) is 11.4. The monoisotopic (exact) mass is 411 g/mol. The van der Waals surface area contributed by atoms with Crippen LogP contribution in [0.3, 0.4) is 0 Å². The molecule has 0 bridgehead atoms. The standard InChI is InChI=1S/C24H33N3O3/c1-6-17(3)18(4)12-13-27(5)16-19-8-10-21(22(14-19)29-7-2)30-23-11-9-20(15-26-23)24(25)28/h6,8-11,14-15,18H,7,12-13,16H2,1-5H3,(H2,25,28)/b17-6+. The van der Waals surface area contributed by atoms with E-state index >= 15 is 0 Å². The van der Waals surface area contributed by atoms with Crippen molar-refractivity contribution in [2.75, 3.05) is 20.2 Å². The molecule has 6 heteroatoms. The minimum Gasteiger partial charge on any atom is -0.490 e. The topological polar surface area (TPSA) is 77.7 Å². The third kappa shape index (κ3) is 6.88. The number of nitrogens with two attached hydrogens (primary N) is 1. The van der Waals surface area contributed by atoms with Gasteiger partial charge in [-0.25, -0.2) is 4.98 Å². The van der Waals surface area contributed by atoms with Crippen molar-refractivity contribution in [3.8, 4) is 17.4 Å². The van der Waals surface area contributed by atoms with Crippen LogP contribution in [-0.4, -0.2) is 36.0 Å². The molecule has 0 saturated heterocycles. The Hall–Kier alpha value is -2.86. The highest BCUT2D eigenvalue weighted by Crippen LogP contribution is 2.32. The summed E-state index contributed by atoms with van der Waals surface area (Å²) in [5, 5.41) is 0. The second-order valence-electron chi connectivity index (χ2n) is 7.53. The first-order valence-corrected chi connectivity index (χ1v) is 10.3. The van der Waals surface area contributed by atoms with E-state index in [9.17, 15) is 4.79 Å². The second-order valence-corrected chi connectivity index (χ2v) is 7.53. The highest BCUT2D eigenvalue weighted by molar-refractivity contribution is 5.92. The molecule has 0 aliphatic carbocycles. The predicted molar refractivity (Wildman–Crippen MR) is 120 cm³/mol. The lowest BCUT2D eigenvalue weighted by Gasteiger charge is -2.20. The molecule has 1 unspecified atom stereocenters. The maximum Gasteiger partial charge on any atom is 0.250 e. The summed E-state index contributed by atoms with van der Waals surface area (Å²) in [6, 6.07) is 9.14. The molecule has 1 atom stereocenters. The van der Waals surface area contributed by atoms with E-state index in [2.05, 4.69) is 43.8 Å². The van der Waals surface area contributed by atoms with E-state index < -0.39 is 5.91 Å². The number of nitrogens with zero attached hydrogens (tertiary/aromatic N) is 2. The number of allylic oxidation sites excluding steroid dienone is 2. The molecule has 162 valence electrons. The van der Waals surface area contributed by atoms with Crippen LogP contribution in [0.1, 0.15) is 50.0 Å². The Bertz CT molecular complexity index is 862. The molecule has 6 nitrogen and oxygen atoms in total. The average Bonchev–Trinajstić information content (AvgIpc) is 2.73. The van der Waals surface area contributed by atoms with Crippen LogP contribution in [0.5, 0.6) is 17.4 Å². The van der Waals surface area contributed by atoms with Crippen molar-refractivity contribution in [1.82, 2.24) is 9.88 Å². The Balaban J connectivity index is 2.05. The van der Waals surface area contributed by atoms with Gasteiger partial charge >= 0.3 is 0 Å². The molecule has 0 radical (unpaired) electrons. The summed E-state index contributed by atoms with van der Waals surface area (Å²) in [5.74, 6) is 1.69. The molecule has 2 N–H and O–H groups in total. The number of amides is 1. The van der Waals surface area contributed by atoms with Crippen molar-refractivity contribution in [2.45, 2.75) is 40.7 Å². The van der Waals surface area contributed by atoms with Crippen LogP contribution in [-0.2, 0) is 6.54 Å². The molecule has 2 aromatic rings. The summed E-state index contributed by atoms with van der Waals surface area (Å²) in [7, 11) is 2.13. The fraction of sp³-hybridized carbons (Fsp3) is 0.417. The number of primary amides is 1. The number of rotatable bonds is 11. The van der Waals surface area contributed by atoms with Crippen molar-refractivity contribution in [3.05, 3.63) is 59.3 Å². The van der Waals surface area contributed by atoms with Crippen LogP contribution in [0.25, 0.3) is 0 Å². The lowest BCUT2D eigenvalue weighted by molar-refractivity contribution is 0.1000. The first-order chi connectivity index (χ1) is 14.3. The van der Waals surface area contributed by atoms with Gasteiger partial charge in [0.05, 0.1) is 12.2 Å². The van der Waals surface area contributed by atoms with Gasteiger partial charge in [0.15, 0.2) is 11.5 Å². The third-order valence-corrected chi connectivity index (χ3v) is 5.17. The van der Waals surface area contributed by atoms with Gasteiger partial charge in [-0.15, -0.1) is 0 Å². The Morgan fingerprint density at radius 2 is 2.03 bits per heavy atom. The zero-order valence-corrected chi connectivity index (χ0v) is 18.6. The van der Waals surface area contributed by atoms with Crippen molar-refractivity contribution in [2.24, 2.45) is 11.7 Å². The van der Waals surface area contributed by atoms with Crippen LogP contribution in [0, 0.1) is 5.92 Å². The molecule has 0 fully saturated rings. The van der Waals surface area contributed by atoms with Gasteiger partial charge in [-0.2, -0.15) is 0 Å². The number of ether oxygens (including phenoxy) is 2. The zero-order chi connectivity index (χ0) is 22.1. The van der Waals surface area contributed by atoms with Gasteiger partial charge in [0.2, 0.25) is 11.8 Å². The summed E-state index contributed by atoms with van der Waals surface area (Å²) in [6.07, 6.45) is 4.71. The minimum absolute atomic E-state index is 0.338. The van der Waals surface area contributed by atoms with Gasteiger partial charge in [-0.05, 0) is 70.5 Å². The van der Waals surface area contributed by atoms with Crippen LogP contribution < -0.4 is 15.2 Å². The lowest BCUT2D eigenvalue weighted by Crippen LogP contribution is -2.21. The smallest absolute Gasteiger partial charge is 0.250 e. The lowest BCUT2D eigenvalue weighted by atomic mass is 9.99. The van der Waals surface area contributed by atoms with Gasteiger partial charge in [-0.1, -0.05) is 24.6 Å². The highest BCUT2D eigenvalue weighted by atomic mass is 16.5. The molecule has 1 aromatic heterocycles. The molecule has 1 aromatic carbocycles. The van der Waals surface area contributed by atoms with Gasteiger partial charge in [0.1, 0.15) is 0 Å². The molecule has 1 amide bonds. The molecule has 2 rings (SSSR count). The van der Waals surface area contributed by atoms with E-state index in [0.717, 1.165) is 25.1 Å². The fourth-order valence-corrected chi connectivity index (χ4v) is 3.02. The van der Waals surface area contributed by atoms with Gasteiger partial charge < -0.3 is 20.1 Å². The maximum absolute atomic E-state index is 11.2. The summed E-state index contributed by atoms with van der Waals surface area (Å²) >= 11 is 0. The third-order valence-electron chi connectivity index (χ3n) is 5.17. The van der Waals surface area contributed by atoms with Crippen LogP contribution in [0.15, 0.2) is 48.2 Å². The first kappa shape index (κ1) is 23.4. The van der Waals surface area contributed by atoms with Gasteiger partial charge in [0, 0.05) is 18.8 Å². The Morgan fingerprint density at radius 1 is 1.27 bits per heavy atom. The summed E-state index contributed by atoms with van der Waals surface area (Å²) in [4.78, 5) is 17.6. The maximum atomic E-state index is 11.2. The summed E-state index contributed by atoms with van der Waals surface area (Å²) < 4.78 is 11.7. The normalized spacial score (nSPS) is 12.7. The Labute approximate surface area is 179 Å². The van der Waals surface area contributed by atoms with E-state index in [0.29, 0.717) is 35.5 Å². The molecule has 30 heavy (non-hydrogen) atoms. The largest absolute Gasteiger partial charge is 0.490 e. The van der Waals surface area contributed by atoms with E-state index in [4.69, 9.17) is 15.2 Å². The first-order valence-electron chi connectivity index (χ1n) is 10.3. The van der Waals surface area contributed by atoms with Crippen LogP contribution in [0.2, 0.25) is 0 Å². The number of hydrogen-bond donors (Lipinski definition) is 1. The van der Waals surface area contributed by atoms with Crippen molar-refractivity contribution in [1.29, 1.82) is 0 Å². The molecule has 0 spiro atoms. The Morgan fingerprint density at radius 3 is 2.63 bits per heavy atom. The van der Waals surface area contributed by atoms with Gasteiger partial charge in [-0.3, -0.25) is 4.79 Å². The fourth-order valence-electron chi connectivity index (χ4n) is 3.02. The number of hydrogen-bond acceptors (Lipinski definition) is 5. The van der Waals surface area contributed by atoms with E-state index in [-0.39, 0.29) is 0 Å². The van der Waals surface area contributed by atoms with Crippen molar-refractivity contribution in [3.63, 3.8) is 0 Å². The van der Waals surface area contributed by atoms with E-state index in [1.807, 2.05) is 25.1 Å². The van der Waals surface area contributed by atoms with Crippen molar-refractivity contribution >= 4 is 5.91 Å². The molecule has 0 saturated carbocycles. The molecule has 0 aliphatic heterocycles. The SMILES string of the molecule is C/C=C(\C)C(C)CCN(C)Cc1ccc(Oc2ccc(C(N)=O)cn2)c(OCC)c1. The molecule has 1 heterocycles. The number of pyridine rings is 1. The average molecular weight is 412 g/mol. The van der Waals surface area contributed by atoms with Crippen molar-refractivity contribution < 1.29 is 14.3 Å². The number of aromatic nitrogens is 1. The van der Waals surface area contributed by atoms with E-state index in [1.165, 1.54) is 11.8 Å². The minimum atomic E-state index is -0.521. The van der Waals surface area contributed by atoms with Crippen LogP contribution in [0.4, 0.5) is 0 Å². The van der Waals surface area contributed by atoms with Crippen LogP contribution >= 0.6 is 0 Å². The highest BCUT2D eigenvalue weighted by Gasteiger charge is 2.12. The van der Waals surface area contributed by atoms with Gasteiger partial charge in [0.25, 0.3) is 0 Å². The summed E-state index contributed by atoms with van der Waals surface area (Å²) in [6.45, 7) is 10.9.